The maximum Gasteiger partial charge on any atom is 0.412 e. The van der Waals surface area contributed by atoms with E-state index in [1.165, 1.54) is 31.3 Å². The lowest BCUT2D eigenvalue weighted by Crippen LogP contribution is -2.98. The number of carbonyl (C=O) groups excluding carboxylic acids is 3. The molecule has 0 bridgehead atoms. The highest BCUT2D eigenvalue weighted by Gasteiger charge is 2.22. The molecule has 8 nitrogen and oxygen atoms in total. The zero-order chi connectivity index (χ0) is 16.1. The highest BCUT2D eigenvalue weighted by Crippen LogP contribution is 2.13. The predicted molar refractivity (Wildman–Crippen MR) is 76.2 cm³/mol. The fraction of sp³-hybridized carbons (Fsp3) is 0.214. The van der Waals surface area contributed by atoms with Gasteiger partial charge in [0.15, 0.2) is 0 Å². The van der Waals surface area contributed by atoms with Crippen molar-refractivity contribution < 1.29 is 24.2 Å². The molecule has 8 heteroatoms. The first-order valence-corrected chi connectivity index (χ1v) is 6.57. The normalized spacial score (nSPS) is 15.1. The van der Waals surface area contributed by atoms with E-state index < -0.39 is 17.9 Å². The number of amides is 3. The number of benzene rings is 1. The van der Waals surface area contributed by atoms with E-state index in [1.807, 2.05) is 0 Å². The van der Waals surface area contributed by atoms with Crippen molar-refractivity contribution >= 4 is 23.6 Å². The lowest BCUT2D eigenvalue weighted by Gasteiger charge is -2.16. The molecule has 1 aromatic carbocycles. The van der Waals surface area contributed by atoms with E-state index in [0.29, 0.717) is 5.69 Å². The van der Waals surface area contributed by atoms with Gasteiger partial charge in [-0.25, -0.2) is 4.79 Å². The van der Waals surface area contributed by atoms with Gasteiger partial charge in [-0.05, 0) is 12.1 Å². The zero-order valence-corrected chi connectivity index (χ0v) is 11.9. The summed E-state index contributed by atoms with van der Waals surface area (Å²) in [5.41, 5.74) is 0.520. The van der Waals surface area contributed by atoms with Gasteiger partial charge in [0.1, 0.15) is 11.4 Å². The molecule has 0 radical (unpaired) electrons. The molecule has 1 heterocycles. The first-order valence-electron chi connectivity index (χ1n) is 6.57. The monoisotopic (exact) mass is 305 g/mol. The van der Waals surface area contributed by atoms with E-state index >= 15 is 0 Å². The Morgan fingerprint density at radius 3 is 2.36 bits per heavy atom. The average molecular weight is 305 g/mol. The maximum atomic E-state index is 11.6. The summed E-state index contributed by atoms with van der Waals surface area (Å²) in [5, 5.41) is 13.5. The van der Waals surface area contributed by atoms with Gasteiger partial charge >= 0.3 is 6.09 Å². The van der Waals surface area contributed by atoms with Crippen molar-refractivity contribution in [2.75, 3.05) is 20.1 Å². The Labute approximate surface area is 126 Å². The van der Waals surface area contributed by atoms with Crippen LogP contribution in [0.15, 0.2) is 36.4 Å². The van der Waals surface area contributed by atoms with Gasteiger partial charge in [-0.3, -0.25) is 14.5 Å². The molecule has 0 saturated heterocycles. The molecule has 0 aliphatic carbocycles. The number of quaternary nitrogens is 1. The number of nitrogens with zero attached hydrogens (tertiary/aromatic N) is 1. The van der Waals surface area contributed by atoms with Crippen LogP contribution >= 0.6 is 0 Å². The van der Waals surface area contributed by atoms with Gasteiger partial charge < -0.3 is 20.3 Å². The molecule has 2 rings (SSSR count). The van der Waals surface area contributed by atoms with Crippen LogP contribution < -0.4 is 15.1 Å². The van der Waals surface area contributed by atoms with Gasteiger partial charge in [0.25, 0.3) is 11.8 Å². The highest BCUT2D eigenvalue weighted by atomic mass is 16.6. The minimum Gasteiger partial charge on any atom is -0.629 e. The standard InChI is InChI=1S/C14H15N3O5/c1-16(21)10-2-4-11(5-3-10)22-14(20)15-8-9-17-12(18)6-7-13(17)19/h2-7,16H,8-9H2,1H3,(H,15,20). The maximum absolute atomic E-state index is 11.6. The fourth-order valence-corrected chi connectivity index (χ4v) is 1.82. The number of ether oxygens (including phenoxy) is 1. The number of hydroxylamine groups is 1. The second kappa shape index (κ2) is 6.83. The molecule has 0 fully saturated rings. The van der Waals surface area contributed by atoms with Crippen LogP contribution in [0.25, 0.3) is 0 Å². The van der Waals surface area contributed by atoms with Crippen LogP contribution in [0, 0.1) is 5.21 Å². The van der Waals surface area contributed by atoms with Gasteiger partial charge in [-0.15, -0.1) is 0 Å². The summed E-state index contributed by atoms with van der Waals surface area (Å²) in [7, 11) is 1.44. The highest BCUT2D eigenvalue weighted by molar-refractivity contribution is 6.12. The number of nitrogens with one attached hydrogen (secondary N) is 2. The van der Waals surface area contributed by atoms with Crippen LogP contribution in [0.2, 0.25) is 0 Å². The molecule has 1 aromatic rings. The number of hydrogen-bond acceptors (Lipinski definition) is 5. The molecule has 3 amide bonds. The van der Waals surface area contributed by atoms with E-state index in [4.69, 9.17) is 4.74 Å². The molecular formula is C14H15N3O5. The second-order valence-corrected chi connectivity index (χ2v) is 4.56. The number of imide groups is 1. The SMILES string of the molecule is C[NH+]([O-])c1ccc(OC(=O)NCCN2C(=O)C=CC2=O)cc1. The van der Waals surface area contributed by atoms with Gasteiger partial charge in [0.2, 0.25) is 0 Å². The largest absolute Gasteiger partial charge is 0.629 e. The Balaban J connectivity index is 1.76. The van der Waals surface area contributed by atoms with Crippen LogP contribution in [-0.4, -0.2) is 42.9 Å². The van der Waals surface area contributed by atoms with E-state index in [9.17, 15) is 19.6 Å². The summed E-state index contributed by atoms with van der Waals surface area (Å²) in [6, 6.07) is 6.12. The summed E-state index contributed by atoms with van der Waals surface area (Å²) >= 11 is 0. The molecule has 1 aliphatic rings. The van der Waals surface area contributed by atoms with Gasteiger partial charge in [-0.2, -0.15) is 0 Å². The number of carbonyl (C=O) groups is 3. The third-order valence-corrected chi connectivity index (χ3v) is 2.98. The van der Waals surface area contributed by atoms with E-state index in [1.54, 1.807) is 12.1 Å². The van der Waals surface area contributed by atoms with Crippen molar-refractivity contribution in [2.45, 2.75) is 0 Å². The average Bonchev–Trinajstić information content (AvgIpc) is 2.79. The summed E-state index contributed by atoms with van der Waals surface area (Å²) in [5.74, 6) is -0.516. The van der Waals surface area contributed by atoms with Crippen LogP contribution in [0.5, 0.6) is 5.75 Å². The first-order chi connectivity index (χ1) is 10.5. The van der Waals surface area contributed by atoms with Crippen LogP contribution in [-0.2, 0) is 9.59 Å². The van der Waals surface area contributed by atoms with Crippen molar-refractivity contribution in [2.24, 2.45) is 0 Å². The molecule has 116 valence electrons. The quantitative estimate of drug-likeness (QED) is 0.555. The third-order valence-electron chi connectivity index (χ3n) is 2.98. The minimum atomic E-state index is -0.706. The molecule has 0 saturated carbocycles. The van der Waals surface area contributed by atoms with Crippen molar-refractivity contribution in [3.8, 4) is 5.75 Å². The Hall–Kier alpha value is -2.71. The van der Waals surface area contributed by atoms with Crippen molar-refractivity contribution in [1.29, 1.82) is 0 Å². The van der Waals surface area contributed by atoms with Gasteiger partial charge in [0.05, 0.1) is 7.05 Å². The molecule has 0 spiro atoms. The number of rotatable bonds is 5. The molecule has 0 aromatic heterocycles. The summed E-state index contributed by atoms with van der Waals surface area (Å²) in [6.45, 7) is 0.159. The van der Waals surface area contributed by atoms with E-state index in [0.717, 1.165) is 4.90 Å². The van der Waals surface area contributed by atoms with Crippen molar-refractivity contribution in [1.82, 2.24) is 10.2 Å². The summed E-state index contributed by atoms with van der Waals surface area (Å²) in [4.78, 5) is 35.1. The Morgan fingerprint density at radius 1 is 1.23 bits per heavy atom. The molecule has 1 atom stereocenters. The Bertz CT molecular complexity index is 591. The van der Waals surface area contributed by atoms with Crippen LogP contribution in [0.1, 0.15) is 0 Å². The molecule has 22 heavy (non-hydrogen) atoms. The minimum absolute atomic E-state index is 0.0725. The lowest BCUT2D eigenvalue weighted by molar-refractivity contribution is -0.751. The van der Waals surface area contributed by atoms with Crippen LogP contribution in [0.3, 0.4) is 0 Å². The Morgan fingerprint density at radius 2 is 1.82 bits per heavy atom. The topological polar surface area (TPSA) is 103 Å². The zero-order valence-electron chi connectivity index (χ0n) is 11.9. The van der Waals surface area contributed by atoms with Crippen molar-refractivity contribution in [3.63, 3.8) is 0 Å². The molecule has 1 unspecified atom stereocenters. The fourth-order valence-electron chi connectivity index (χ4n) is 1.82. The molecular weight excluding hydrogens is 290 g/mol. The number of hydrogen-bond donors (Lipinski definition) is 2. The molecule has 2 N–H and O–H groups in total. The van der Waals surface area contributed by atoms with Crippen LogP contribution in [0.4, 0.5) is 10.5 Å². The van der Waals surface area contributed by atoms with E-state index in [-0.39, 0.29) is 23.9 Å². The summed E-state index contributed by atoms with van der Waals surface area (Å²) in [6.07, 6.45) is 1.65. The van der Waals surface area contributed by atoms with Crippen molar-refractivity contribution in [3.05, 3.63) is 41.6 Å². The molecule has 1 aliphatic heterocycles. The van der Waals surface area contributed by atoms with E-state index in [2.05, 4.69) is 5.32 Å². The smallest absolute Gasteiger partial charge is 0.412 e. The second-order valence-electron chi connectivity index (χ2n) is 4.56. The van der Waals surface area contributed by atoms with Gasteiger partial charge in [0, 0.05) is 37.4 Å². The lowest BCUT2D eigenvalue weighted by atomic mass is 10.3. The predicted octanol–water partition coefficient (Wildman–Crippen LogP) is -0.656. The third kappa shape index (κ3) is 3.90. The van der Waals surface area contributed by atoms with Gasteiger partial charge in [-0.1, -0.05) is 0 Å². The summed E-state index contributed by atoms with van der Waals surface area (Å²) < 4.78 is 5.00. The Kier molecular flexibility index (Phi) is 4.87. The first kappa shape index (κ1) is 15.7.